The summed E-state index contributed by atoms with van der Waals surface area (Å²) in [4.78, 5) is 14.2. The van der Waals surface area contributed by atoms with Crippen LogP contribution >= 0.6 is 0 Å². The molecule has 0 saturated carbocycles. The van der Waals surface area contributed by atoms with Crippen molar-refractivity contribution >= 4 is 5.91 Å². The molecule has 1 saturated heterocycles. The molecule has 4 nitrogen and oxygen atoms in total. The average Bonchev–Trinajstić information content (AvgIpc) is 2.38. The van der Waals surface area contributed by atoms with Gasteiger partial charge in [-0.2, -0.15) is 0 Å². The Morgan fingerprint density at radius 1 is 1.41 bits per heavy atom. The van der Waals surface area contributed by atoms with Gasteiger partial charge in [-0.05, 0) is 33.2 Å². The monoisotopic (exact) mass is 241 g/mol. The minimum Gasteiger partial charge on any atom is -0.355 e. The Kier molecular flexibility index (Phi) is 6.52. The highest BCUT2D eigenvalue weighted by molar-refractivity contribution is 5.81. The molecule has 0 bridgehead atoms. The van der Waals surface area contributed by atoms with Crippen molar-refractivity contribution in [2.24, 2.45) is 0 Å². The van der Waals surface area contributed by atoms with Gasteiger partial charge in [-0.3, -0.25) is 9.69 Å². The predicted molar refractivity (Wildman–Crippen MR) is 71.0 cm³/mol. The summed E-state index contributed by atoms with van der Waals surface area (Å²) < 4.78 is 0. The topological polar surface area (TPSA) is 44.4 Å². The van der Waals surface area contributed by atoms with Crippen LogP contribution in [0.3, 0.4) is 0 Å². The van der Waals surface area contributed by atoms with Crippen molar-refractivity contribution < 1.29 is 4.79 Å². The van der Waals surface area contributed by atoms with Crippen LogP contribution in [-0.2, 0) is 4.79 Å². The first-order valence-electron chi connectivity index (χ1n) is 6.88. The van der Waals surface area contributed by atoms with Crippen LogP contribution in [0.4, 0.5) is 0 Å². The largest absolute Gasteiger partial charge is 0.355 e. The Morgan fingerprint density at radius 3 is 2.59 bits per heavy atom. The Labute approximate surface area is 105 Å². The highest BCUT2D eigenvalue weighted by atomic mass is 16.2. The number of carbonyl (C=O) groups excluding carboxylic acids is 1. The summed E-state index contributed by atoms with van der Waals surface area (Å²) in [6.07, 6.45) is 4.48. The first kappa shape index (κ1) is 14.5. The molecule has 0 aromatic heterocycles. The summed E-state index contributed by atoms with van der Waals surface area (Å²) in [6.45, 7) is 7.01. The van der Waals surface area contributed by atoms with Crippen LogP contribution in [0.1, 0.15) is 39.5 Å². The lowest BCUT2D eigenvalue weighted by Crippen LogP contribution is -2.50. The Bertz CT molecular complexity index is 225. The molecular weight excluding hydrogens is 214 g/mol. The van der Waals surface area contributed by atoms with E-state index in [1.807, 2.05) is 14.0 Å². The second kappa shape index (κ2) is 7.67. The van der Waals surface area contributed by atoms with E-state index < -0.39 is 0 Å². The standard InChI is InChI=1S/C13H27N3O/c1-4-5-8-15-13(17)11(2)16-9-6-12(14-3)7-10-16/h11-12,14H,4-10H2,1-3H3,(H,15,17). The fraction of sp³-hybridized carbons (Fsp3) is 0.923. The van der Waals surface area contributed by atoms with Gasteiger partial charge in [0, 0.05) is 25.7 Å². The third-order valence-electron chi connectivity index (χ3n) is 3.69. The first-order chi connectivity index (χ1) is 8.19. The molecule has 0 aliphatic carbocycles. The minimum atomic E-state index is 0.0182. The van der Waals surface area contributed by atoms with Gasteiger partial charge in [-0.15, -0.1) is 0 Å². The molecule has 1 fully saturated rings. The molecule has 0 aromatic rings. The zero-order valence-corrected chi connectivity index (χ0v) is 11.5. The van der Waals surface area contributed by atoms with Gasteiger partial charge in [-0.1, -0.05) is 13.3 Å². The van der Waals surface area contributed by atoms with Crippen LogP contribution in [0.25, 0.3) is 0 Å². The second-order valence-electron chi connectivity index (χ2n) is 4.92. The number of likely N-dealkylation sites (tertiary alicyclic amines) is 1. The average molecular weight is 241 g/mol. The van der Waals surface area contributed by atoms with E-state index in [4.69, 9.17) is 0 Å². The van der Waals surface area contributed by atoms with Gasteiger partial charge >= 0.3 is 0 Å². The summed E-state index contributed by atoms with van der Waals surface area (Å²) in [5.74, 6) is 0.182. The minimum absolute atomic E-state index is 0.0182. The molecule has 1 unspecified atom stereocenters. The molecule has 0 radical (unpaired) electrons. The Hall–Kier alpha value is -0.610. The number of unbranched alkanes of at least 4 members (excludes halogenated alkanes) is 1. The highest BCUT2D eigenvalue weighted by Crippen LogP contribution is 2.12. The van der Waals surface area contributed by atoms with Crippen LogP contribution in [0.2, 0.25) is 0 Å². The summed E-state index contributed by atoms with van der Waals surface area (Å²) in [5, 5.41) is 6.32. The number of piperidine rings is 1. The summed E-state index contributed by atoms with van der Waals surface area (Å²) >= 11 is 0. The van der Waals surface area contributed by atoms with Gasteiger partial charge in [0.2, 0.25) is 5.91 Å². The van der Waals surface area contributed by atoms with Gasteiger partial charge in [0.05, 0.1) is 6.04 Å². The second-order valence-corrected chi connectivity index (χ2v) is 4.92. The SMILES string of the molecule is CCCCNC(=O)C(C)N1CCC(NC)CC1. The quantitative estimate of drug-likeness (QED) is 0.681. The van der Waals surface area contributed by atoms with Gasteiger partial charge in [0.25, 0.3) is 0 Å². The molecule has 100 valence electrons. The first-order valence-corrected chi connectivity index (χ1v) is 6.88. The molecule has 1 rings (SSSR count). The number of hydrogen-bond donors (Lipinski definition) is 2. The van der Waals surface area contributed by atoms with Gasteiger partial charge in [-0.25, -0.2) is 0 Å². The van der Waals surface area contributed by atoms with Crippen LogP contribution in [0.5, 0.6) is 0 Å². The van der Waals surface area contributed by atoms with Crippen molar-refractivity contribution in [2.45, 2.75) is 51.6 Å². The van der Waals surface area contributed by atoms with Crippen LogP contribution < -0.4 is 10.6 Å². The van der Waals surface area contributed by atoms with E-state index in [-0.39, 0.29) is 11.9 Å². The molecule has 1 heterocycles. The number of rotatable bonds is 6. The van der Waals surface area contributed by atoms with Crippen molar-refractivity contribution in [1.82, 2.24) is 15.5 Å². The molecule has 1 aliphatic rings. The fourth-order valence-electron chi connectivity index (χ4n) is 2.28. The maximum atomic E-state index is 11.9. The molecule has 17 heavy (non-hydrogen) atoms. The van der Waals surface area contributed by atoms with Crippen LogP contribution in [0.15, 0.2) is 0 Å². The zero-order chi connectivity index (χ0) is 12.7. The molecule has 1 amide bonds. The molecule has 1 aliphatic heterocycles. The molecule has 4 heteroatoms. The Balaban J connectivity index is 2.27. The van der Waals surface area contributed by atoms with E-state index in [9.17, 15) is 4.79 Å². The lowest BCUT2D eigenvalue weighted by atomic mass is 10.0. The maximum absolute atomic E-state index is 11.9. The number of carbonyl (C=O) groups is 1. The van der Waals surface area contributed by atoms with Crippen LogP contribution in [0, 0.1) is 0 Å². The van der Waals surface area contributed by atoms with E-state index in [1.165, 1.54) is 0 Å². The molecular formula is C13H27N3O. The lowest BCUT2D eigenvalue weighted by molar-refractivity contribution is -0.126. The summed E-state index contributed by atoms with van der Waals surface area (Å²) in [5.41, 5.74) is 0. The van der Waals surface area contributed by atoms with Crippen molar-refractivity contribution in [1.29, 1.82) is 0 Å². The Morgan fingerprint density at radius 2 is 2.06 bits per heavy atom. The lowest BCUT2D eigenvalue weighted by Gasteiger charge is -2.35. The summed E-state index contributed by atoms with van der Waals surface area (Å²) in [6, 6.07) is 0.645. The van der Waals surface area contributed by atoms with Gasteiger partial charge in [0.15, 0.2) is 0 Å². The molecule has 0 aromatic carbocycles. The van der Waals surface area contributed by atoms with E-state index in [0.717, 1.165) is 45.3 Å². The van der Waals surface area contributed by atoms with Crippen molar-refractivity contribution in [2.75, 3.05) is 26.7 Å². The number of nitrogens with one attached hydrogen (secondary N) is 2. The van der Waals surface area contributed by atoms with E-state index in [0.29, 0.717) is 6.04 Å². The number of amides is 1. The maximum Gasteiger partial charge on any atom is 0.237 e. The molecule has 2 N–H and O–H groups in total. The predicted octanol–water partition coefficient (Wildman–Crippen LogP) is 0.975. The van der Waals surface area contributed by atoms with Crippen LogP contribution in [-0.4, -0.2) is 49.6 Å². The third kappa shape index (κ3) is 4.64. The molecule has 1 atom stereocenters. The number of hydrogen-bond acceptors (Lipinski definition) is 3. The smallest absolute Gasteiger partial charge is 0.237 e. The van der Waals surface area contributed by atoms with E-state index >= 15 is 0 Å². The van der Waals surface area contributed by atoms with Crippen molar-refractivity contribution in [3.63, 3.8) is 0 Å². The normalized spacial score (nSPS) is 20.2. The fourth-order valence-corrected chi connectivity index (χ4v) is 2.28. The third-order valence-corrected chi connectivity index (χ3v) is 3.69. The number of nitrogens with zero attached hydrogens (tertiary/aromatic N) is 1. The van der Waals surface area contributed by atoms with E-state index in [2.05, 4.69) is 22.5 Å². The van der Waals surface area contributed by atoms with E-state index in [1.54, 1.807) is 0 Å². The van der Waals surface area contributed by atoms with Gasteiger partial charge in [0.1, 0.15) is 0 Å². The molecule has 0 spiro atoms. The summed E-state index contributed by atoms with van der Waals surface area (Å²) in [7, 11) is 2.02. The van der Waals surface area contributed by atoms with Crippen molar-refractivity contribution in [3.05, 3.63) is 0 Å². The highest BCUT2D eigenvalue weighted by Gasteiger charge is 2.25. The van der Waals surface area contributed by atoms with Crippen molar-refractivity contribution in [3.8, 4) is 0 Å². The van der Waals surface area contributed by atoms with Gasteiger partial charge < -0.3 is 10.6 Å². The zero-order valence-electron chi connectivity index (χ0n) is 11.5.